The first-order valence-electron chi connectivity index (χ1n) is 7.29. The van der Waals surface area contributed by atoms with Crippen LogP contribution < -0.4 is 14.8 Å². The number of amides is 1. The average molecular weight is 351 g/mol. The third-order valence-corrected chi connectivity index (χ3v) is 4.93. The summed E-state index contributed by atoms with van der Waals surface area (Å²) in [6.07, 6.45) is 0. The summed E-state index contributed by atoms with van der Waals surface area (Å²) in [7, 11) is -3.71. The molecule has 2 aromatic rings. The van der Waals surface area contributed by atoms with Crippen molar-refractivity contribution in [3.8, 4) is 5.75 Å². The molecule has 0 saturated heterocycles. The number of anilines is 1. The Morgan fingerprint density at radius 2 is 2.17 bits per heavy atom. The van der Waals surface area contributed by atoms with E-state index < -0.39 is 10.0 Å². The Morgan fingerprint density at radius 3 is 2.88 bits per heavy atom. The van der Waals surface area contributed by atoms with E-state index in [-0.39, 0.29) is 24.0 Å². The number of nitrogens with zero attached hydrogens (tertiary/aromatic N) is 3. The van der Waals surface area contributed by atoms with Crippen LogP contribution in [0.3, 0.4) is 0 Å². The molecule has 3 rings (SSSR count). The number of sulfonamides is 1. The smallest absolute Gasteiger partial charge is 0.262 e. The first-order chi connectivity index (χ1) is 11.3. The van der Waals surface area contributed by atoms with Gasteiger partial charge in [-0.1, -0.05) is 0 Å². The van der Waals surface area contributed by atoms with Gasteiger partial charge in [0.25, 0.3) is 5.91 Å². The van der Waals surface area contributed by atoms with E-state index in [1.165, 1.54) is 18.2 Å². The summed E-state index contributed by atoms with van der Waals surface area (Å²) >= 11 is 0. The Hall–Kier alpha value is -2.46. The molecule has 0 fully saturated rings. The summed E-state index contributed by atoms with van der Waals surface area (Å²) in [5.41, 5.74) is 0.344. The van der Waals surface area contributed by atoms with E-state index >= 15 is 0 Å². The van der Waals surface area contributed by atoms with Crippen LogP contribution in [-0.2, 0) is 21.4 Å². The summed E-state index contributed by atoms with van der Waals surface area (Å²) in [4.78, 5) is 15.5. The highest BCUT2D eigenvalue weighted by Gasteiger charge is 2.20. The van der Waals surface area contributed by atoms with E-state index in [4.69, 9.17) is 4.74 Å². The molecule has 1 aliphatic rings. The number of rotatable bonds is 5. The van der Waals surface area contributed by atoms with Crippen molar-refractivity contribution in [3.05, 3.63) is 29.8 Å². The SMILES string of the molecule is Cc1nc(C)n(CCNS(=O)(=O)c2ccc3c(c2)NC(=O)CO3)n1. The van der Waals surface area contributed by atoms with Gasteiger partial charge in [-0.3, -0.25) is 4.79 Å². The number of hydrogen-bond donors (Lipinski definition) is 2. The molecule has 1 aromatic heterocycles. The number of carbonyl (C=O) groups excluding carboxylic acids is 1. The number of aromatic nitrogens is 3. The summed E-state index contributed by atoms with van der Waals surface area (Å²) in [5.74, 6) is 1.49. The minimum absolute atomic E-state index is 0.0542. The zero-order valence-corrected chi connectivity index (χ0v) is 14.1. The molecular formula is C14H17N5O4S. The molecule has 0 aliphatic carbocycles. The molecule has 24 heavy (non-hydrogen) atoms. The van der Waals surface area contributed by atoms with Crippen molar-refractivity contribution in [2.24, 2.45) is 0 Å². The lowest BCUT2D eigenvalue weighted by Crippen LogP contribution is -2.29. The highest BCUT2D eigenvalue weighted by Crippen LogP contribution is 2.29. The Labute approximate surface area is 139 Å². The molecule has 0 bridgehead atoms. The van der Waals surface area contributed by atoms with E-state index in [0.717, 1.165) is 5.82 Å². The molecular weight excluding hydrogens is 334 g/mol. The number of nitrogens with one attached hydrogen (secondary N) is 2. The Morgan fingerprint density at radius 1 is 1.38 bits per heavy atom. The molecule has 0 radical (unpaired) electrons. The number of hydrogen-bond acceptors (Lipinski definition) is 6. The Balaban J connectivity index is 1.70. The van der Waals surface area contributed by atoms with Gasteiger partial charge in [-0.05, 0) is 32.0 Å². The number of benzene rings is 1. The van der Waals surface area contributed by atoms with Crippen molar-refractivity contribution in [1.29, 1.82) is 0 Å². The number of carbonyl (C=O) groups is 1. The van der Waals surface area contributed by atoms with E-state index in [2.05, 4.69) is 20.1 Å². The standard InChI is InChI=1S/C14H17N5O4S/c1-9-16-10(2)19(18-9)6-5-15-24(21,22)11-3-4-13-12(7-11)17-14(20)8-23-13/h3-4,7,15H,5-6,8H2,1-2H3,(H,17,20). The lowest BCUT2D eigenvalue weighted by molar-refractivity contribution is -0.118. The van der Waals surface area contributed by atoms with Crippen LogP contribution in [0, 0.1) is 13.8 Å². The fraction of sp³-hybridized carbons (Fsp3) is 0.357. The van der Waals surface area contributed by atoms with Gasteiger partial charge in [0, 0.05) is 6.54 Å². The maximum absolute atomic E-state index is 12.4. The number of ether oxygens (including phenoxy) is 1. The van der Waals surface area contributed by atoms with Crippen molar-refractivity contribution in [2.75, 3.05) is 18.5 Å². The second kappa shape index (κ2) is 6.21. The van der Waals surface area contributed by atoms with Crippen LogP contribution in [0.25, 0.3) is 0 Å². The van der Waals surface area contributed by atoms with E-state index in [0.29, 0.717) is 23.8 Å². The Kier molecular flexibility index (Phi) is 4.24. The summed E-state index contributed by atoms with van der Waals surface area (Å²) in [6, 6.07) is 4.33. The van der Waals surface area contributed by atoms with Gasteiger partial charge in [0.15, 0.2) is 6.61 Å². The maximum Gasteiger partial charge on any atom is 0.262 e. The van der Waals surface area contributed by atoms with Crippen molar-refractivity contribution in [1.82, 2.24) is 19.5 Å². The van der Waals surface area contributed by atoms with Crippen molar-refractivity contribution in [3.63, 3.8) is 0 Å². The van der Waals surface area contributed by atoms with Gasteiger partial charge in [-0.2, -0.15) is 5.10 Å². The van der Waals surface area contributed by atoms with E-state index in [1.807, 2.05) is 0 Å². The zero-order chi connectivity index (χ0) is 17.3. The van der Waals surface area contributed by atoms with Crippen LogP contribution in [0.1, 0.15) is 11.6 Å². The lowest BCUT2D eigenvalue weighted by Gasteiger charge is -2.18. The van der Waals surface area contributed by atoms with Crippen molar-refractivity contribution >= 4 is 21.6 Å². The molecule has 0 atom stereocenters. The average Bonchev–Trinajstić information content (AvgIpc) is 2.84. The van der Waals surface area contributed by atoms with E-state index in [9.17, 15) is 13.2 Å². The maximum atomic E-state index is 12.4. The lowest BCUT2D eigenvalue weighted by atomic mass is 10.2. The van der Waals surface area contributed by atoms with Gasteiger partial charge in [0.05, 0.1) is 17.1 Å². The van der Waals surface area contributed by atoms with Crippen LogP contribution >= 0.6 is 0 Å². The topological polar surface area (TPSA) is 115 Å². The monoisotopic (exact) mass is 351 g/mol. The third-order valence-electron chi connectivity index (χ3n) is 3.47. The minimum atomic E-state index is -3.71. The van der Waals surface area contributed by atoms with Gasteiger partial charge in [0.2, 0.25) is 10.0 Å². The summed E-state index contributed by atoms with van der Waals surface area (Å²) < 4.78 is 34.1. The molecule has 1 amide bonds. The molecule has 0 saturated carbocycles. The minimum Gasteiger partial charge on any atom is -0.482 e. The van der Waals surface area contributed by atoms with Gasteiger partial charge in [0.1, 0.15) is 17.4 Å². The Bertz CT molecular complexity index is 891. The van der Waals surface area contributed by atoms with Crippen molar-refractivity contribution in [2.45, 2.75) is 25.3 Å². The predicted octanol–water partition coefficient (Wildman–Crippen LogP) is 0.204. The second-order valence-corrected chi connectivity index (χ2v) is 7.09. The fourth-order valence-corrected chi connectivity index (χ4v) is 3.42. The molecule has 2 heterocycles. The van der Waals surface area contributed by atoms with Gasteiger partial charge >= 0.3 is 0 Å². The molecule has 128 valence electrons. The van der Waals surface area contributed by atoms with Gasteiger partial charge in [-0.25, -0.2) is 22.8 Å². The van der Waals surface area contributed by atoms with Crippen LogP contribution in [-0.4, -0.2) is 42.2 Å². The zero-order valence-electron chi connectivity index (χ0n) is 13.2. The first-order valence-corrected chi connectivity index (χ1v) is 8.78. The molecule has 1 aliphatic heterocycles. The van der Waals surface area contributed by atoms with Crippen molar-refractivity contribution < 1.29 is 17.9 Å². The molecule has 0 spiro atoms. The van der Waals surface area contributed by atoms with Crippen LogP contribution in [0.5, 0.6) is 5.75 Å². The predicted molar refractivity (Wildman–Crippen MR) is 85.3 cm³/mol. The molecule has 2 N–H and O–H groups in total. The highest BCUT2D eigenvalue weighted by atomic mass is 32.2. The number of fused-ring (bicyclic) bond motifs is 1. The normalized spacial score (nSPS) is 14.0. The van der Waals surface area contributed by atoms with Gasteiger partial charge in [-0.15, -0.1) is 0 Å². The van der Waals surface area contributed by atoms with Crippen LogP contribution in [0.2, 0.25) is 0 Å². The summed E-state index contributed by atoms with van der Waals surface area (Å²) in [5, 5.41) is 6.76. The highest BCUT2D eigenvalue weighted by molar-refractivity contribution is 7.89. The largest absolute Gasteiger partial charge is 0.482 e. The molecule has 1 aromatic carbocycles. The van der Waals surface area contributed by atoms with Gasteiger partial charge < -0.3 is 10.1 Å². The van der Waals surface area contributed by atoms with E-state index in [1.54, 1.807) is 18.5 Å². The summed E-state index contributed by atoms with van der Waals surface area (Å²) in [6.45, 7) is 4.05. The quantitative estimate of drug-likeness (QED) is 0.795. The van der Waals surface area contributed by atoms with Crippen LogP contribution in [0.15, 0.2) is 23.1 Å². The van der Waals surface area contributed by atoms with Crippen LogP contribution in [0.4, 0.5) is 5.69 Å². The molecule has 10 heteroatoms. The fourth-order valence-electron chi connectivity index (χ4n) is 2.37. The second-order valence-electron chi connectivity index (χ2n) is 5.32. The third kappa shape index (κ3) is 3.39. The molecule has 0 unspecified atom stereocenters. The first kappa shape index (κ1) is 16.4. The number of aryl methyl sites for hydroxylation is 2. The molecule has 9 nitrogen and oxygen atoms in total.